The van der Waals surface area contributed by atoms with Gasteiger partial charge in [0.1, 0.15) is 5.82 Å². The molecule has 0 saturated heterocycles. The van der Waals surface area contributed by atoms with E-state index in [0.717, 1.165) is 25.8 Å². The summed E-state index contributed by atoms with van der Waals surface area (Å²) in [6.45, 7) is 3.16. The summed E-state index contributed by atoms with van der Waals surface area (Å²) in [6.07, 6.45) is 7.29. The maximum Gasteiger partial charge on any atom is 0.108 e. The molecule has 96 valence electrons. The van der Waals surface area contributed by atoms with Gasteiger partial charge in [-0.3, -0.25) is 0 Å². The molecule has 1 unspecified atom stereocenters. The smallest absolute Gasteiger partial charge is 0.108 e. The van der Waals surface area contributed by atoms with Crippen LogP contribution in [0.3, 0.4) is 0 Å². The minimum absolute atomic E-state index is 0.448. The minimum atomic E-state index is 0.448. The number of alkyl halides is 1. The zero-order valence-corrected chi connectivity index (χ0v) is 12.3. The van der Waals surface area contributed by atoms with E-state index < -0.39 is 0 Å². The predicted octanol–water partition coefficient (Wildman–Crippen LogP) is 4.36. The Bertz CT molecular complexity index is 464. The molecule has 0 N–H and O–H groups in total. The van der Waals surface area contributed by atoms with Gasteiger partial charge in [0.2, 0.25) is 0 Å². The first-order valence-corrected chi connectivity index (χ1v) is 7.42. The van der Waals surface area contributed by atoms with Crippen molar-refractivity contribution in [3.63, 3.8) is 0 Å². The van der Waals surface area contributed by atoms with Crippen molar-refractivity contribution in [3.05, 3.63) is 54.1 Å². The van der Waals surface area contributed by atoms with E-state index >= 15 is 0 Å². The molecule has 0 bridgehead atoms. The van der Waals surface area contributed by atoms with Crippen molar-refractivity contribution in [3.8, 4) is 0 Å². The van der Waals surface area contributed by atoms with Crippen molar-refractivity contribution in [2.75, 3.05) is 0 Å². The van der Waals surface area contributed by atoms with Crippen LogP contribution in [0.15, 0.2) is 42.7 Å². The number of aromatic nitrogens is 2. The van der Waals surface area contributed by atoms with Crippen LogP contribution < -0.4 is 0 Å². The lowest BCUT2D eigenvalue weighted by molar-refractivity contribution is 0.645. The lowest BCUT2D eigenvalue weighted by Gasteiger charge is -2.10. The highest BCUT2D eigenvalue weighted by Crippen LogP contribution is 2.27. The largest absolute Gasteiger partial charge is 0.335 e. The number of rotatable bonds is 6. The molecular weight excluding hydrogens is 288 g/mol. The number of benzene rings is 1. The fourth-order valence-electron chi connectivity index (χ4n) is 2.12. The van der Waals surface area contributed by atoms with Gasteiger partial charge in [0, 0.05) is 30.2 Å². The zero-order valence-electron chi connectivity index (χ0n) is 10.7. The molecular formula is C15H19BrN2. The molecule has 3 heteroatoms. The molecule has 0 amide bonds. The Labute approximate surface area is 117 Å². The second-order valence-corrected chi connectivity index (χ2v) is 5.51. The summed E-state index contributed by atoms with van der Waals surface area (Å²) in [5.41, 5.74) is 1.36. The molecule has 1 atom stereocenters. The summed E-state index contributed by atoms with van der Waals surface area (Å²) in [6, 6.07) is 10.6. The van der Waals surface area contributed by atoms with Gasteiger partial charge < -0.3 is 4.57 Å². The number of hydrogen-bond donors (Lipinski definition) is 0. The van der Waals surface area contributed by atoms with Gasteiger partial charge in [-0.15, -0.1) is 0 Å². The number of hydrogen-bond acceptors (Lipinski definition) is 1. The van der Waals surface area contributed by atoms with Gasteiger partial charge in [-0.1, -0.05) is 46.3 Å². The fraction of sp³-hybridized carbons (Fsp3) is 0.400. The van der Waals surface area contributed by atoms with Crippen LogP contribution >= 0.6 is 15.9 Å². The van der Waals surface area contributed by atoms with Crippen LogP contribution in [0, 0.1) is 0 Å². The van der Waals surface area contributed by atoms with Crippen LogP contribution in [0.25, 0.3) is 0 Å². The molecule has 0 fully saturated rings. The van der Waals surface area contributed by atoms with Gasteiger partial charge in [0.25, 0.3) is 0 Å². The Kier molecular flexibility index (Phi) is 5.00. The third-order valence-electron chi connectivity index (χ3n) is 3.16. The van der Waals surface area contributed by atoms with E-state index in [4.69, 9.17) is 0 Å². The highest BCUT2D eigenvalue weighted by molar-refractivity contribution is 9.09. The molecule has 2 aromatic rings. The number of imidazole rings is 1. The van der Waals surface area contributed by atoms with Crippen LogP contribution in [-0.2, 0) is 13.0 Å². The van der Waals surface area contributed by atoms with Gasteiger partial charge >= 0.3 is 0 Å². The topological polar surface area (TPSA) is 17.8 Å². The Morgan fingerprint density at radius 1 is 1.28 bits per heavy atom. The average Bonchev–Trinajstić information content (AvgIpc) is 2.87. The highest BCUT2D eigenvalue weighted by Gasteiger charge is 2.07. The zero-order chi connectivity index (χ0) is 12.8. The number of nitrogens with zero attached hydrogens (tertiary/aromatic N) is 2. The summed E-state index contributed by atoms with van der Waals surface area (Å²) in [4.78, 5) is 4.85. The van der Waals surface area contributed by atoms with Crippen molar-refractivity contribution in [1.82, 2.24) is 9.55 Å². The van der Waals surface area contributed by atoms with Crippen LogP contribution in [0.2, 0.25) is 0 Å². The average molecular weight is 307 g/mol. The van der Waals surface area contributed by atoms with E-state index in [1.54, 1.807) is 0 Å². The first kappa shape index (κ1) is 13.3. The van der Waals surface area contributed by atoms with Crippen LogP contribution in [-0.4, -0.2) is 9.55 Å². The van der Waals surface area contributed by atoms with Crippen molar-refractivity contribution in [1.29, 1.82) is 0 Å². The SMILES string of the molecule is CCn1ccnc1CCCC(Br)c1ccccc1. The summed E-state index contributed by atoms with van der Waals surface area (Å²) < 4.78 is 2.21. The van der Waals surface area contributed by atoms with Gasteiger partial charge in [-0.25, -0.2) is 4.98 Å². The van der Waals surface area contributed by atoms with Gasteiger partial charge in [-0.2, -0.15) is 0 Å². The third kappa shape index (κ3) is 3.45. The molecule has 18 heavy (non-hydrogen) atoms. The first-order chi connectivity index (χ1) is 8.81. The number of halogens is 1. The summed E-state index contributed by atoms with van der Waals surface area (Å²) >= 11 is 3.76. The lowest BCUT2D eigenvalue weighted by atomic mass is 10.1. The second-order valence-electron chi connectivity index (χ2n) is 4.40. The molecule has 0 aliphatic rings. The van der Waals surface area contributed by atoms with Crippen LogP contribution in [0.4, 0.5) is 0 Å². The minimum Gasteiger partial charge on any atom is -0.335 e. The molecule has 2 rings (SSSR count). The fourth-order valence-corrected chi connectivity index (χ4v) is 2.75. The summed E-state index contributed by atoms with van der Waals surface area (Å²) in [5, 5.41) is 0. The maximum absolute atomic E-state index is 4.40. The van der Waals surface area contributed by atoms with Crippen molar-refractivity contribution < 1.29 is 0 Å². The normalized spacial score (nSPS) is 12.6. The molecule has 0 aliphatic heterocycles. The standard InChI is InChI=1S/C15H19BrN2/c1-2-18-12-11-17-15(18)10-6-9-14(16)13-7-4-3-5-8-13/h3-5,7-8,11-12,14H,2,6,9-10H2,1H3. The van der Waals surface area contributed by atoms with Crippen molar-refractivity contribution in [2.45, 2.75) is 37.6 Å². The van der Waals surface area contributed by atoms with Gasteiger partial charge in [0.15, 0.2) is 0 Å². The molecule has 1 aromatic heterocycles. The van der Waals surface area contributed by atoms with E-state index in [1.807, 2.05) is 6.20 Å². The van der Waals surface area contributed by atoms with E-state index in [-0.39, 0.29) is 0 Å². The quantitative estimate of drug-likeness (QED) is 0.725. The second kappa shape index (κ2) is 6.74. The van der Waals surface area contributed by atoms with E-state index in [9.17, 15) is 0 Å². The summed E-state index contributed by atoms with van der Waals surface area (Å²) in [5.74, 6) is 1.20. The molecule has 1 heterocycles. The molecule has 0 saturated carbocycles. The Morgan fingerprint density at radius 2 is 2.06 bits per heavy atom. The molecule has 0 aliphatic carbocycles. The van der Waals surface area contributed by atoms with E-state index in [2.05, 4.69) is 68.9 Å². The van der Waals surface area contributed by atoms with E-state index in [0.29, 0.717) is 4.83 Å². The molecule has 0 radical (unpaired) electrons. The lowest BCUT2D eigenvalue weighted by Crippen LogP contribution is -2.01. The van der Waals surface area contributed by atoms with Crippen molar-refractivity contribution >= 4 is 15.9 Å². The molecule has 0 spiro atoms. The monoisotopic (exact) mass is 306 g/mol. The van der Waals surface area contributed by atoms with Crippen LogP contribution in [0.5, 0.6) is 0 Å². The first-order valence-electron chi connectivity index (χ1n) is 6.50. The molecule has 2 nitrogen and oxygen atoms in total. The predicted molar refractivity (Wildman–Crippen MR) is 78.9 cm³/mol. The van der Waals surface area contributed by atoms with Gasteiger partial charge in [0.05, 0.1) is 0 Å². The third-order valence-corrected chi connectivity index (χ3v) is 4.15. The van der Waals surface area contributed by atoms with E-state index in [1.165, 1.54) is 11.4 Å². The number of aryl methyl sites for hydroxylation is 2. The Morgan fingerprint density at radius 3 is 2.78 bits per heavy atom. The Hall–Kier alpha value is -1.09. The maximum atomic E-state index is 4.40. The highest BCUT2D eigenvalue weighted by atomic mass is 79.9. The summed E-state index contributed by atoms with van der Waals surface area (Å²) in [7, 11) is 0. The Balaban J connectivity index is 1.82. The molecule has 1 aromatic carbocycles. The van der Waals surface area contributed by atoms with Crippen molar-refractivity contribution in [2.24, 2.45) is 0 Å². The van der Waals surface area contributed by atoms with Gasteiger partial charge in [-0.05, 0) is 25.3 Å². The van der Waals surface area contributed by atoms with Crippen LogP contribution in [0.1, 0.15) is 36.0 Å².